The Morgan fingerprint density at radius 3 is 2.59 bits per heavy atom. The molecule has 1 unspecified atom stereocenters. The van der Waals surface area contributed by atoms with Gasteiger partial charge in [0.25, 0.3) is 11.8 Å². The number of hydrogen-bond acceptors (Lipinski definition) is 3. The van der Waals surface area contributed by atoms with Gasteiger partial charge in [0.05, 0.1) is 6.54 Å². The molecule has 2 aromatic carbocycles. The van der Waals surface area contributed by atoms with E-state index in [2.05, 4.69) is 5.32 Å². The molecule has 0 saturated carbocycles. The van der Waals surface area contributed by atoms with Crippen LogP contribution in [0.4, 0.5) is 8.78 Å². The van der Waals surface area contributed by atoms with Crippen molar-refractivity contribution in [3.05, 3.63) is 59.2 Å². The maximum atomic E-state index is 14.6. The van der Waals surface area contributed by atoms with E-state index in [1.165, 1.54) is 29.2 Å². The first-order valence-corrected chi connectivity index (χ1v) is 9.23. The van der Waals surface area contributed by atoms with Crippen molar-refractivity contribution in [2.24, 2.45) is 0 Å². The van der Waals surface area contributed by atoms with Gasteiger partial charge in [0.2, 0.25) is 5.91 Å². The SMILES string of the molecule is O=C(NCC(=O)N1CCCC1C(=O)O)c1ccc2c(c1)-c1ccccc1C2(F)F. The van der Waals surface area contributed by atoms with Gasteiger partial charge < -0.3 is 15.3 Å². The molecule has 4 rings (SSSR count). The van der Waals surface area contributed by atoms with E-state index in [0.29, 0.717) is 24.9 Å². The van der Waals surface area contributed by atoms with Crippen molar-refractivity contribution >= 4 is 17.8 Å². The van der Waals surface area contributed by atoms with E-state index in [4.69, 9.17) is 5.11 Å². The minimum Gasteiger partial charge on any atom is -0.480 e. The quantitative estimate of drug-likeness (QED) is 0.826. The average molecular weight is 400 g/mol. The highest BCUT2D eigenvalue weighted by atomic mass is 19.3. The molecule has 150 valence electrons. The summed E-state index contributed by atoms with van der Waals surface area (Å²) in [6.45, 7) is -0.0250. The molecule has 1 atom stereocenters. The minimum atomic E-state index is -3.13. The van der Waals surface area contributed by atoms with E-state index < -0.39 is 29.7 Å². The number of alkyl halides is 2. The van der Waals surface area contributed by atoms with Crippen molar-refractivity contribution in [3.8, 4) is 11.1 Å². The van der Waals surface area contributed by atoms with Gasteiger partial charge in [0.1, 0.15) is 6.04 Å². The molecule has 2 aromatic rings. The van der Waals surface area contributed by atoms with Crippen LogP contribution in [0.5, 0.6) is 0 Å². The van der Waals surface area contributed by atoms with Crippen LogP contribution in [0.3, 0.4) is 0 Å². The van der Waals surface area contributed by atoms with Gasteiger partial charge in [-0.25, -0.2) is 4.79 Å². The summed E-state index contributed by atoms with van der Waals surface area (Å²) < 4.78 is 29.2. The van der Waals surface area contributed by atoms with Crippen LogP contribution in [0.2, 0.25) is 0 Å². The largest absolute Gasteiger partial charge is 0.480 e. The number of carboxylic acids is 1. The number of rotatable bonds is 4. The first-order valence-electron chi connectivity index (χ1n) is 9.23. The lowest BCUT2D eigenvalue weighted by Gasteiger charge is -2.21. The summed E-state index contributed by atoms with van der Waals surface area (Å²) in [5.41, 5.74) is 0.555. The fraction of sp³-hybridized carbons (Fsp3) is 0.286. The topological polar surface area (TPSA) is 86.7 Å². The van der Waals surface area contributed by atoms with Crippen LogP contribution in [0, 0.1) is 0 Å². The van der Waals surface area contributed by atoms with Crippen LogP contribution in [0.1, 0.15) is 34.3 Å². The van der Waals surface area contributed by atoms with Crippen molar-refractivity contribution in [1.29, 1.82) is 0 Å². The summed E-state index contributed by atoms with van der Waals surface area (Å²) in [6, 6.07) is 9.19. The first kappa shape index (κ1) is 19.0. The number of carbonyl (C=O) groups is 3. The van der Waals surface area contributed by atoms with E-state index in [0.717, 1.165) is 0 Å². The van der Waals surface area contributed by atoms with Gasteiger partial charge in [-0.15, -0.1) is 0 Å². The summed E-state index contributed by atoms with van der Waals surface area (Å²) in [6.07, 6.45) is 0.975. The molecule has 0 bridgehead atoms. The van der Waals surface area contributed by atoms with Crippen LogP contribution >= 0.6 is 0 Å². The van der Waals surface area contributed by atoms with Crippen LogP contribution in [0.25, 0.3) is 11.1 Å². The zero-order chi connectivity index (χ0) is 20.8. The Kier molecular flexibility index (Phi) is 4.56. The Bertz CT molecular complexity index is 1020. The number of likely N-dealkylation sites (tertiary alicyclic amines) is 1. The molecule has 2 N–H and O–H groups in total. The van der Waals surface area contributed by atoms with Gasteiger partial charge in [-0.3, -0.25) is 9.59 Å². The second-order valence-corrected chi connectivity index (χ2v) is 7.15. The van der Waals surface area contributed by atoms with Crippen molar-refractivity contribution in [1.82, 2.24) is 10.2 Å². The van der Waals surface area contributed by atoms with Crippen LogP contribution in [-0.4, -0.2) is 46.9 Å². The normalized spacial score (nSPS) is 18.8. The molecule has 0 radical (unpaired) electrons. The smallest absolute Gasteiger partial charge is 0.326 e. The van der Waals surface area contributed by atoms with E-state index in [1.54, 1.807) is 18.2 Å². The minimum absolute atomic E-state index is 0.100. The average Bonchev–Trinajstić information content (AvgIpc) is 3.29. The summed E-state index contributed by atoms with van der Waals surface area (Å²) >= 11 is 0. The lowest BCUT2D eigenvalue weighted by atomic mass is 10.0. The number of carboxylic acid groups (broad SMARTS) is 1. The third kappa shape index (κ3) is 3.14. The number of fused-ring (bicyclic) bond motifs is 3. The molecule has 1 aliphatic heterocycles. The molecule has 8 heteroatoms. The number of nitrogens with one attached hydrogen (secondary N) is 1. The van der Waals surface area contributed by atoms with Gasteiger partial charge >= 0.3 is 5.97 Å². The van der Waals surface area contributed by atoms with E-state index in [9.17, 15) is 23.2 Å². The molecule has 6 nitrogen and oxygen atoms in total. The molecule has 2 aliphatic rings. The highest BCUT2D eigenvalue weighted by molar-refractivity contribution is 5.98. The Labute approximate surface area is 165 Å². The molecule has 0 spiro atoms. The monoisotopic (exact) mass is 400 g/mol. The molecule has 1 aliphatic carbocycles. The van der Waals surface area contributed by atoms with Crippen LogP contribution in [-0.2, 0) is 15.5 Å². The second kappa shape index (κ2) is 6.95. The van der Waals surface area contributed by atoms with Crippen molar-refractivity contribution in [2.75, 3.05) is 13.1 Å². The lowest BCUT2D eigenvalue weighted by molar-refractivity contribution is -0.147. The Morgan fingerprint density at radius 1 is 1.10 bits per heavy atom. The summed E-state index contributed by atoms with van der Waals surface area (Å²) in [4.78, 5) is 37.2. The van der Waals surface area contributed by atoms with E-state index in [1.807, 2.05) is 0 Å². The zero-order valence-corrected chi connectivity index (χ0v) is 15.3. The van der Waals surface area contributed by atoms with E-state index >= 15 is 0 Å². The highest BCUT2D eigenvalue weighted by Gasteiger charge is 2.44. The predicted molar refractivity (Wildman–Crippen MR) is 99.6 cm³/mol. The number of carbonyl (C=O) groups excluding carboxylic acids is 2. The van der Waals surface area contributed by atoms with Gasteiger partial charge in [-0.2, -0.15) is 8.78 Å². The van der Waals surface area contributed by atoms with Gasteiger partial charge in [0, 0.05) is 23.2 Å². The van der Waals surface area contributed by atoms with Gasteiger partial charge in [-0.1, -0.05) is 30.3 Å². The first-order chi connectivity index (χ1) is 13.8. The third-order valence-corrected chi connectivity index (χ3v) is 5.43. The van der Waals surface area contributed by atoms with Crippen molar-refractivity contribution in [2.45, 2.75) is 24.8 Å². The highest BCUT2D eigenvalue weighted by Crippen LogP contribution is 2.50. The molecular weight excluding hydrogens is 382 g/mol. The fourth-order valence-electron chi connectivity index (χ4n) is 4.00. The van der Waals surface area contributed by atoms with Crippen LogP contribution in [0.15, 0.2) is 42.5 Å². The molecule has 2 amide bonds. The van der Waals surface area contributed by atoms with E-state index in [-0.39, 0.29) is 28.8 Å². The van der Waals surface area contributed by atoms with Gasteiger partial charge in [-0.05, 0) is 36.1 Å². The maximum absolute atomic E-state index is 14.6. The molecule has 1 fully saturated rings. The molecule has 1 saturated heterocycles. The Morgan fingerprint density at radius 2 is 1.83 bits per heavy atom. The number of amides is 2. The number of nitrogens with zero attached hydrogens (tertiary/aromatic N) is 1. The molecular formula is C21H18F2N2O4. The summed E-state index contributed by atoms with van der Waals surface area (Å²) in [5.74, 6) is -5.26. The summed E-state index contributed by atoms with van der Waals surface area (Å²) in [5, 5.41) is 11.6. The zero-order valence-electron chi connectivity index (χ0n) is 15.3. The van der Waals surface area contributed by atoms with Crippen molar-refractivity contribution in [3.63, 3.8) is 0 Å². The number of aliphatic carboxylic acids is 1. The molecule has 29 heavy (non-hydrogen) atoms. The summed E-state index contributed by atoms with van der Waals surface area (Å²) in [7, 11) is 0. The lowest BCUT2D eigenvalue weighted by Crippen LogP contribution is -2.45. The number of halogens is 2. The standard InChI is InChI=1S/C21H18F2N2O4/c22-21(23)15-5-2-1-4-13(15)14-10-12(7-8-16(14)21)19(27)24-11-18(26)25-9-3-6-17(25)20(28)29/h1-2,4-5,7-8,10,17H,3,6,9,11H2,(H,24,27)(H,28,29). The molecule has 1 heterocycles. The predicted octanol–water partition coefficient (Wildman–Crippen LogP) is 2.61. The van der Waals surface area contributed by atoms with Crippen molar-refractivity contribution < 1.29 is 28.3 Å². The Balaban J connectivity index is 1.50. The Hall–Kier alpha value is -3.29. The number of benzene rings is 2. The second-order valence-electron chi connectivity index (χ2n) is 7.15. The maximum Gasteiger partial charge on any atom is 0.326 e. The van der Waals surface area contributed by atoms with Gasteiger partial charge in [0.15, 0.2) is 0 Å². The van der Waals surface area contributed by atoms with Crippen LogP contribution < -0.4 is 5.32 Å². The fourth-order valence-corrected chi connectivity index (χ4v) is 4.00. The molecule has 0 aromatic heterocycles. The number of hydrogen-bond donors (Lipinski definition) is 2. The third-order valence-electron chi connectivity index (χ3n) is 5.43.